The number of aromatic nitrogens is 2. The number of nitrogens with zero attached hydrogens (tertiary/aromatic N) is 2. The molecule has 1 fully saturated rings. The molecule has 1 aliphatic rings. The number of ether oxygens (including phenoxy) is 1. The van der Waals surface area contributed by atoms with Gasteiger partial charge < -0.3 is 15.0 Å². The summed E-state index contributed by atoms with van der Waals surface area (Å²) < 4.78 is 10.9. The minimum absolute atomic E-state index is 0.172. The van der Waals surface area contributed by atoms with Crippen molar-refractivity contribution in [3.63, 3.8) is 0 Å². The zero-order chi connectivity index (χ0) is 12.3. The standard InChI is InChI=1S/C11H19N3O2S/c1-11(5-3-6-15-11)10-13-9(16-14-10)8(12)4-7-17-2/h8H,3-7,12H2,1-2H3. The van der Waals surface area contributed by atoms with Gasteiger partial charge in [-0.25, -0.2) is 0 Å². The lowest BCUT2D eigenvalue weighted by Gasteiger charge is -2.17. The van der Waals surface area contributed by atoms with Gasteiger partial charge in [-0.3, -0.25) is 0 Å². The number of rotatable bonds is 5. The van der Waals surface area contributed by atoms with E-state index in [-0.39, 0.29) is 11.6 Å². The molecule has 2 atom stereocenters. The third kappa shape index (κ3) is 2.81. The summed E-state index contributed by atoms with van der Waals surface area (Å²) in [5, 5.41) is 4.00. The van der Waals surface area contributed by atoms with Crippen LogP contribution in [0.5, 0.6) is 0 Å². The monoisotopic (exact) mass is 257 g/mol. The number of hydrogen-bond acceptors (Lipinski definition) is 6. The number of hydrogen-bond donors (Lipinski definition) is 1. The molecule has 0 spiro atoms. The maximum atomic E-state index is 5.99. The molecule has 2 N–H and O–H groups in total. The molecule has 1 aromatic heterocycles. The van der Waals surface area contributed by atoms with Crippen molar-refractivity contribution >= 4 is 11.8 Å². The molecule has 2 heterocycles. The Morgan fingerprint density at radius 3 is 3.06 bits per heavy atom. The van der Waals surface area contributed by atoms with Crippen LogP contribution in [0, 0.1) is 0 Å². The third-order valence-electron chi connectivity index (χ3n) is 3.08. The van der Waals surface area contributed by atoms with Crippen LogP contribution in [0.25, 0.3) is 0 Å². The second-order valence-electron chi connectivity index (χ2n) is 4.53. The summed E-state index contributed by atoms with van der Waals surface area (Å²) in [5.41, 5.74) is 5.60. The van der Waals surface area contributed by atoms with E-state index in [2.05, 4.69) is 16.4 Å². The molecule has 1 saturated heterocycles. The first-order valence-electron chi connectivity index (χ1n) is 5.88. The first-order chi connectivity index (χ1) is 8.15. The Bertz CT molecular complexity index is 363. The fourth-order valence-electron chi connectivity index (χ4n) is 1.92. The molecule has 5 nitrogen and oxygen atoms in total. The minimum Gasteiger partial charge on any atom is -0.367 e. The highest BCUT2D eigenvalue weighted by Crippen LogP contribution is 2.34. The molecule has 96 valence electrons. The quantitative estimate of drug-likeness (QED) is 0.867. The van der Waals surface area contributed by atoms with Gasteiger partial charge >= 0.3 is 0 Å². The molecule has 17 heavy (non-hydrogen) atoms. The van der Waals surface area contributed by atoms with Gasteiger partial charge in [0.25, 0.3) is 0 Å². The Morgan fingerprint density at radius 1 is 1.59 bits per heavy atom. The van der Waals surface area contributed by atoms with Crippen molar-refractivity contribution in [3.8, 4) is 0 Å². The summed E-state index contributed by atoms with van der Waals surface area (Å²) in [6, 6.07) is -0.172. The van der Waals surface area contributed by atoms with E-state index in [0.717, 1.165) is 31.6 Å². The van der Waals surface area contributed by atoms with Gasteiger partial charge in [0.1, 0.15) is 5.60 Å². The highest BCUT2D eigenvalue weighted by molar-refractivity contribution is 7.98. The van der Waals surface area contributed by atoms with Crippen LogP contribution < -0.4 is 5.73 Å². The van der Waals surface area contributed by atoms with Gasteiger partial charge in [-0.15, -0.1) is 0 Å². The third-order valence-corrected chi connectivity index (χ3v) is 3.73. The molecule has 0 bridgehead atoms. The zero-order valence-electron chi connectivity index (χ0n) is 10.3. The van der Waals surface area contributed by atoms with Crippen LogP contribution in [0.1, 0.15) is 43.9 Å². The number of thioether (sulfide) groups is 1. The molecule has 0 saturated carbocycles. The maximum Gasteiger partial charge on any atom is 0.243 e. The second-order valence-corrected chi connectivity index (χ2v) is 5.51. The highest BCUT2D eigenvalue weighted by atomic mass is 32.2. The predicted octanol–water partition coefficient (Wildman–Crippen LogP) is 1.85. The van der Waals surface area contributed by atoms with E-state index in [9.17, 15) is 0 Å². The maximum absolute atomic E-state index is 5.99. The second kappa shape index (κ2) is 5.37. The topological polar surface area (TPSA) is 74.2 Å². The van der Waals surface area contributed by atoms with Crippen molar-refractivity contribution in [2.75, 3.05) is 18.6 Å². The van der Waals surface area contributed by atoms with E-state index < -0.39 is 0 Å². The van der Waals surface area contributed by atoms with Crippen molar-refractivity contribution in [3.05, 3.63) is 11.7 Å². The van der Waals surface area contributed by atoms with Crippen LogP contribution in [0.4, 0.5) is 0 Å². The summed E-state index contributed by atoms with van der Waals surface area (Å²) in [4.78, 5) is 4.38. The molecular formula is C11H19N3O2S. The summed E-state index contributed by atoms with van der Waals surface area (Å²) in [6.45, 7) is 2.76. The Hall–Kier alpha value is -0.590. The molecule has 0 radical (unpaired) electrons. The molecular weight excluding hydrogens is 238 g/mol. The molecule has 6 heteroatoms. The van der Waals surface area contributed by atoms with Crippen molar-refractivity contribution in [2.24, 2.45) is 5.73 Å². The van der Waals surface area contributed by atoms with Gasteiger partial charge in [-0.05, 0) is 38.2 Å². The Labute approximate surface area is 105 Å². The predicted molar refractivity (Wildman–Crippen MR) is 66.8 cm³/mol. The van der Waals surface area contributed by atoms with Crippen LogP contribution in [-0.4, -0.2) is 28.8 Å². The average Bonchev–Trinajstić information content (AvgIpc) is 2.95. The summed E-state index contributed by atoms with van der Waals surface area (Å²) in [7, 11) is 0. The highest BCUT2D eigenvalue weighted by Gasteiger charge is 2.37. The first-order valence-corrected chi connectivity index (χ1v) is 7.27. The van der Waals surface area contributed by atoms with Crippen LogP contribution in [0.2, 0.25) is 0 Å². The van der Waals surface area contributed by atoms with Gasteiger partial charge in [-0.2, -0.15) is 16.7 Å². The Balaban J connectivity index is 2.05. The van der Waals surface area contributed by atoms with E-state index >= 15 is 0 Å². The van der Waals surface area contributed by atoms with Crippen LogP contribution in [0.3, 0.4) is 0 Å². The van der Waals surface area contributed by atoms with E-state index in [1.807, 2.05) is 6.92 Å². The molecule has 0 aromatic carbocycles. The van der Waals surface area contributed by atoms with Crippen molar-refractivity contribution < 1.29 is 9.26 Å². The van der Waals surface area contributed by atoms with Gasteiger partial charge in [-0.1, -0.05) is 5.16 Å². The number of nitrogens with two attached hydrogens (primary N) is 1. The summed E-state index contributed by atoms with van der Waals surface area (Å²) >= 11 is 1.76. The van der Waals surface area contributed by atoms with Crippen molar-refractivity contribution in [1.82, 2.24) is 10.1 Å². The van der Waals surface area contributed by atoms with Crippen molar-refractivity contribution in [1.29, 1.82) is 0 Å². The van der Waals surface area contributed by atoms with Gasteiger partial charge in [0, 0.05) is 6.61 Å². The van der Waals surface area contributed by atoms with Crippen LogP contribution in [0.15, 0.2) is 4.52 Å². The van der Waals surface area contributed by atoms with E-state index in [0.29, 0.717) is 11.7 Å². The normalized spacial score (nSPS) is 26.3. The zero-order valence-corrected chi connectivity index (χ0v) is 11.1. The molecule has 1 aromatic rings. The SMILES string of the molecule is CSCCC(N)c1nc(C2(C)CCCO2)no1. The molecule has 0 amide bonds. The Morgan fingerprint density at radius 2 is 2.41 bits per heavy atom. The van der Waals surface area contributed by atoms with E-state index in [1.54, 1.807) is 11.8 Å². The lowest BCUT2D eigenvalue weighted by atomic mass is 10.0. The lowest BCUT2D eigenvalue weighted by molar-refractivity contribution is 0.00768. The average molecular weight is 257 g/mol. The summed E-state index contributed by atoms with van der Waals surface area (Å²) in [6.07, 6.45) is 4.88. The Kier molecular flexibility index (Phi) is 4.06. The lowest BCUT2D eigenvalue weighted by Crippen LogP contribution is -2.22. The molecule has 0 aliphatic carbocycles. The fraction of sp³-hybridized carbons (Fsp3) is 0.818. The van der Waals surface area contributed by atoms with Crippen molar-refractivity contribution in [2.45, 2.75) is 37.8 Å². The van der Waals surface area contributed by atoms with Gasteiger partial charge in [0.15, 0.2) is 0 Å². The molecule has 2 unspecified atom stereocenters. The molecule has 2 rings (SSSR count). The first kappa shape index (κ1) is 12.9. The van der Waals surface area contributed by atoms with Crippen LogP contribution in [-0.2, 0) is 10.3 Å². The smallest absolute Gasteiger partial charge is 0.243 e. The minimum atomic E-state index is -0.388. The van der Waals surface area contributed by atoms with E-state index in [4.69, 9.17) is 15.0 Å². The fourth-order valence-corrected chi connectivity index (χ4v) is 2.41. The largest absolute Gasteiger partial charge is 0.367 e. The van der Waals surface area contributed by atoms with E-state index in [1.165, 1.54) is 0 Å². The molecule has 1 aliphatic heterocycles. The van der Waals surface area contributed by atoms with Crippen LogP contribution >= 0.6 is 11.8 Å². The van der Waals surface area contributed by atoms with Gasteiger partial charge in [0.05, 0.1) is 6.04 Å². The van der Waals surface area contributed by atoms with Gasteiger partial charge in [0.2, 0.25) is 11.7 Å². The summed E-state index contributed by atoms with van der Waals surface area (Å²) in [5.74, 6) is 2.14.